The van der Waals surface area contributed by atoms with Crippen molar-refractivity contribution in [1.82, 2.24) is 0 Å². The summed E-state index contributed by atoms with van der Waals surface area (Å²) in [5, 5.41) is 0. The molecule has 6 nitrogen and oxygen atoms in total. The molecule has 0 spiro atoms. The normalized spacial score (nSPS) is 11.9. The van der Waals surface area contributed by atoms with Crippen molar-refractivity contribution in [2.24, 2.45) is 0 Å². The molecule has 1 aromatic rings. The molecule has 0 radical (unpaired) electrons. The number of ether oxygens (including phenoxy) is 5. The van der Waals surface area contributed by atoms with Crippen LogP contribution in [0.4, 0.5) is 0 Å². The molecule has 1 rings (SSSR count). The van der Waals surface area contributed by atoms with Crippen molar-refractivity contribution in [3.05, 3.63) is 17.7 Å². The highest BCUT2D eigenvalue weighted by Gasteiger charge is 2.22. The van der Waals surface area contributed by atoms with Gasteiger partial charge in [0.25, 0.3) is 0 Å². The highest BCUT2D eigenvalue weighted by atomic mass is 16.5. The van der Waals surface area contributed by atoms with Crippen LogP contribution in [0.2, 0.25) is 0 Å². The first kappa shape index (κ1) is 26.7. The summed E-state index contributed by atoms with van der Waals surface area (Å²) in [5.41, 5.74) is 0.651. The number of benzene rings is 1. The Balaban J connectivity index is 3.51. The monoisotopic (exact) mass is 436 g/mol. The van der Waals surface area contributed by atoms with Gasteiger partial charge in [0.05, 0.1) is 38.1 Å². The summed E-state index contributed by atoms with van der Waals surface area (Å²) in [5.74, 6) is 1.85. The quantitative estimate of drug-likeness (QED) is 0.227. The van der Waals surface area contributed by atoms with E-state index in [4.69, 9.17) is 23.7 Å². The van der Waals surface area contributed by atoms with Gasteiger partial charge in [0.15, 0.2) is 11.5 Å². The minimum absolute atomic E-state index is 0.142. The zero-order chi connectivity index (χ0) is 23.1. The molecule has 0 amide bonds. The highest BCUT2D eigenvalue weighted by Crippen LogP contribution is 2.46. The molecule has 0 fully saturated rings. The van der Waals surface area contributed by atoms with Crippen molar-refractivity contribution in [3.8, 4) is 23.0 Å². The molecule has 1 aromatic carbocycles. The van der Waals surface area contributed by atoms with Gasteiger partial charge in [-0.2, -0.15) is 0 Å². The van der Waals surface area contributed by atoms with Crippen LogP contribution in [0, 0.1) is 0 Å². The van der Waals surface area contributed by atoms with Crippen molar-refractivity contribution < 1.29 is 28.5 Å². The van der Waals surface area contributed by atoms with Gasteiger partial charge in [-0.3, -0.25) is 0 Å². The zero-order valence-corrected chi connectivity index (χ0v) is 20.1. The third-order valence-corrected chi connectivity index (χ3v) is 4.31. The van der Waals surface area contributed by atoms with E-state index in [1.807, 2.05) is 40.7 Å². The fourth-order valence-electron chi connectivity index (χ4n) is 2.58. The van der Waals surface area contributed by atoms with Crippen molar-refractivity contribution in [3.63, 3.8) is 0 Å². The fourth-order valence-corrected chi connectivity index (χ4v) is 2.58. The predicted octanol–water partition coefficient (Wildman–Crippen LogP) is 6.20. The molecule has 0 aromatic heterocycles. The van der Waals surface area contributed by atoms with Gasteiger partial charge in [0, 0.05) is 12.1 Å². The Kier molecular flexibility index (Phi) is 13.3. The second kappa shape index (κ2) is 15.4. The fraction of sp³-hybridized carbons (Fsp3) is 0.640. The molecule has 1 unspecified atom stereocenters. The molecular weight excluding hydrogens is 396 g/mol. The Morgan fingerprint density at radius 3 is 1.87 bits per heavy atom. The van der Waals surface area contributed by atoms with Gasteiger partial charge < -0.3 is 23.7 Å². The van der Waals surface area contributed by atoms with E-state index in [-0.39, 0.29) is 6.10 Å². The Hall–Kier alpha value is -2.37. The van der Waals surface area contributed by atoms with Crippen LogP contribution < -0.4 is 18.9 Å². The van der Waals surface area contributed by atoms with Gasteiger partial charge in [-0.15, -0.1) is 0 Å². The van der Waals surface area contributed by atoms with Gasteiger partial charge in [0.2, 0.25) is 5.75 Å². The molecule has 0 aliphatic carbocycles. The number of carbonyl (C=O) groups excluding carboxylic acids is 1. The number of carbonyl (C=O) groups is 1. The summed E-state index contributed by atoms with van der Waals surface area (Å²) >= 11 is 0. The van der Waals surface area contributed by atoms with Gasteiger partial charge >= 0.3 is 5.97 Å². The Bertz CT molecular complexity index is 683. The van der Waals surface area contributed by atoms with Crippen LogP contribution in [0.5, 0.6) is 23.0 Å². The summed E-state index contributed by atoms with van der Waals surface area (Å²) in [4.78, 5) is 12.3. The molecule has 0 saturated carbocycles. The molecule has 0 aliphatic rings. The van der Waals surface area contributed by atoms with E-state index in [0.29, 0.717) is 55.0 Å². The van der Waals surface area contributed by atoms with Gasteiger partial charge in [-0.1, -0.05) is 34.6 Å². The topological polar surface area (TPSA) is 63.2 Å². The van der Waals surface area contributed by atoms with Crippen molar-refractivity contribution in [2.45, 2.75) is 79.8 Å². The molecular formula is C25H40O6. The number of rotatable bonds is 16. The molecule has 176 valence electrons. The van der Waals surface area contributed by atoms with Crippen LogP contribution in [0.1, 0.15) is 79.2 Å². The van der Waals surface area contributed by atoms with Crippen LogP contribution >= 0.6 is 0 Å². The van der Waals surface area contributed by atoms with Crippen molar-refractivity contribution in [2.75, 3.05) is 26.4 Å². The average Bonchev–Trinajstić information content (AvgIpc) is 2.77. The lowest BCUT2D eigenvalue weighted by Gasteiger charge is -2.21. The maximum Gasteiger partial charge on any atom is 0.331 e. The van der Waals surface area contributed by atoms with E-state index in [1.54, 1.807) is 6.08 Å². The number of esters is 1. The lowest BCUT2D eigenvalue weighted by molar-refractivity contribution is -0.142. The molecule has 0 heterocycles. The van der Waals surface area contributed by atoms with E-state index in [0.717, 1.165) is 32.1 Å². The molecule has 31 heavy (non-hydrogen) atoms. The smallest absolute Gasteiger partial charge is 0.331 e. The first-order valence-corrected chi connectivity index (χ1v) is 11.6. The first-order chi connectivity index (χ1) is 15.0. The maximum atomic E-state index is 12.3. The minimum Gasteiger partial charge on any atom is -0.493 e. The van der Waals surface area contributed by atoms with Crippen LogP contribution in [0.3, 0.4) is 0 Å². The second-order valence-corrected chi connectivity index (χ2v) is 7.33. The molecule has 0 aliphatic heterocycles. The molecule has 0 saturated heterocycles. The number of hydrogen-bond donors (Lipinski definition) is 0. The van der Waals surface area contributed by atoms with Crippen LogP contribution in [-0.2, 0) is 9.53 Å². The summed E-state index contributed by atoms with van der Waals surface area (Å²) in [7, 11) is 0. The Labute approximate surface area is 187 Å². The number of hydrogen-bond acceptors (Lipinski definition) is 6. The Morgan fingerprint density at radius 1 is 0.806 bits per heavy atom. The van der Waals surface area contributed by atoms with E-state index < -0.39 is 5.97 Å². The first-order valence-electron chi connectivity index (χ1n) is 11.6. The van der Waals surface area contributed by atoms with E-state index in [1.165, 1.54) is 6.08 Å². The summed E-state index contributed by atoms with van der Waals surface area (Å²) in [6.07, 6.45) is 7.11. The van der Waals surface area contributed by atoms with Crippen LogP contribution in [0.15, 0.2) is 12.1 Å². The molecule has 0 N–H and O–H groups in total. The average molecular weight is 437 g/mol. The van der Waals surface area contributed by atoms with Gasteiger partial charge in [-0.05, 0) is 45.1 Å². The molecule has 0 bridgehead atoms. The van der Waals surface area contributed by atoms with E-state index in [2.05, 4.69) is 6.92 Å². The third-order valence-electron chi connectivity index (χ3n) is 4.31. The summed E-state index contributed by atoms with van der Waals surface area (Å²) in [6, 6.07) is 1.83. The van der Waals surface area contributed by atoms with E-state index in [9.17, 15) is 4.79 Å². The van der Waals surface area contributed by atoms with Crippen molar-refractivity contribution in [1.29, 1.82) is 0 Å². The highest BCUT2D eigenvalue weighted by molar-refractivity contribution is 5.89. The standard InChI is InChI=1S/C25H40O6/c1-7-14-27-21-18-22(28-15-8-2)25(30-17-10-4)24(29-16-9-3)20(21)12-13-23(26)31-19(6)11-5/h12-13,18-19H,7-11,14-17H2,1-6H3. The summed E-state index contributed by atoms with van der Waals surface area (Å²) < 4.78 is 29.5. The van der Waals surface area contributed by atoms with Gasteiger partial charge in [0.1, 0.15) is 5.75 Å². The lowest BCUT2D eigenvalue weighted by Crippen LogP contribution is -2.11. The minimum atomic E-state index is -0.403. The second-order valence-electron chi connectivity index (χ2n) is 7.33. The van der Waals surface area contributed by atoms with Gasteiger partial charge in [-0.25, -0.2) is 4.79 Å². The zero-order valence-electron chi connectivity index (χ0n) is 20.1. The SMILES string of the molecule is CCCOc1cc(OCCC)c(OCCC)c(OCCC)c1C=CC(=O)OC(C)CC. The molecule has 1 atom stereocenters. The van der Waals surface area contributed by atoms with Crippen molar-refractivity contribution >= 4 is 12.0 Å². The maximum absolute atomic E-state index is 12.3. The summed E-state index contributed by atoms with van der Waals surface area (Å²) in [6.45, 7) is 14.1. The van der Waals surface area contributed by atoms with Crippen LogP contribution in [0.25, 0.3) is 6.08 Å². The Morgan fingerprint density at radius 2 is 1.32 bits per heavy atom. The largest absolute Gasteiger partial charge is 0.493 e. The van der Waals surface area contributed by atoms with Crippen LogP contribution in [-0.4, -0.2) is 38.5 Å². The lowest BCUT2D eigenvalue weighted by atomic mass is 10.1. The van der Waals surface area contributed by atoms with E-state index >= 15 is 0 Å². The third kappa shape index (κ3) is 9.11. The molecule has 6 heteroatoms. The predicted molar refractivity (Wildman–Crippen MR) is 124 cm³/mol.